The second-order valence-corrected chi connectivity index (χ2v) is 9.41. The molecule has 2 aliphatic heterocycles. The number of carbonyl (C=O) groups is 1. The maximum absolute atomic E-state index is 13.3. The van der Waals surface area contributed by atoms with Gasteiger partial charge < -0.3 is 20.1 Å². The van der Waals surface area contributed by atoms with Gasteiger partial charge >= 0.3 is 0 Å². The lowest BCUT2D eigenvalue weighted by Gasteiger charge is -2.47. The molecule has 27 heavy (non-hydrogen) atoms. The van der Waals surface area contributed by atoms with Crippen molar-refractivity contribution in [2.45, 2.75) is 70.2 Å². The first-order chi connectivity index (χ1) is 12.7. The molecule has 2 atom stereocenters. The van der Waals surface area contributed by atoms with Crippen LogP contribution in [0.15, 0.2) is 30.3 Å². The zero-order valence-electron chi connectivity index (χ0n) is 17.1. The van der Waals surface area contributed by atoms with Crippen LogP contribution < -0.4 is 5.32 Å². The molecule has 0 saturated carbocycles. The lowest BCUT2D eigenvalue weighted by Crippen LogP contribution is -2.58. The van der Waals surface area contributed by atoms with Crippen LogP contribution in [0.4, 0.5) is 0 Å². The Morgan fingerprint density at radius 2 is 1.81 bits per heavy atom. The van der Waals surface area contributed by atoms with Gasteiger partial charge in [0.15, 0.2) is 0 Å². The molecule has 2 heterocycles. The lowest BCUT2D eigenvalue weighted by molar-refractivity contribution is -0.151. The van der Waals surface area contributed by atoms with E-state index >= 15 is 0 Å². The molecule has 0 aromatic heterocycles. The van der Waals surface area contributed by atoms with E-state index in [0.29, 0.717) is 25.5 Å². The van der Waals surface area contributed by atoms with Crippen molar-refractivity contribution in [3.05, 3.63) is 35.9 Å². The van der Waals surface area contributed by atoms with Crippen molar-refractivity contribution >= 4 is 5.91 Å². The van der Waals surface area contributed by atoms with Crippen molar-refractivity contribution in [3.8, 4) is 0 Å². The van der Waals surface area contributed by atoms with E-state index in [4.69, 9.17) is 4.74 Å². The Labute approximate surface area is 163 Å². The van der Waals surface area contributed by atoms with Crippen molar-refractivity contribution < 1.29 is 14.6 Å². The number of benzene rings is 1. The van der Waals surface area contributed by atoms with Crippen LogP contribution >= 0.6 is 0 Å². The van der Waals surface area contributed by atoms with Gasteiger partial charge in [-0.2, -0.15) is 0 Å². The van der Waals surface area contributed by atoms with E-state index in [2.05, 4.69) is 33.0 Å². The van der Waals surface area contributed by atoms with Crippen molar-refractivity contribution in [1.29, 1.82) is 0 Å². The van der Waals surface area contributed by atoms with E-state index in [-0.39, 0.29) is 35.7 Å². The number of amides is 1. The van der Waals surface area contributed by atoms with Crippen LogP contribution in [0.1, 0.15) is 58.6 Å². The minimum atomic E-state index is -0.369. The summed E-state index contributed by atoms with van der Waals surface area (Å²) in [5.74, 6) is 0.527. The fourth-order valence-electron chi connectivity index (χ4n) is 5.25. The van der Waals surface area contributed by atoms with E-state index in [1.165, 1.54) is 0 Å². The van der Waals surface area contributed by atoms with Crippen LogP contribution in [0.3, 0.4) is 0 Å². The number of rotatable bonds is 4. The molecule has 0 unspecified atom stereocenters. The van der Waals surface area contributed by atoms with Crippen LogP contribution in [0, 0.1) is 5.92 Å². The lowest BCUT2D eigenvalue weighted by atomic mass is 9.74. The Morgan fingerprint density at radius 3 is 2.41 bits per heavy atom. The van der Waals surface area contributed by atoms with Crippen LogP contribution in [0.2, 0.25) is 0 Å². The monoisotopic (exact) mass is 374 g/mol. The molecule has 5 nitrogen and oxygen atoms in total. The number of aliphatic hydroxyl groups is 1. The smallest absolute Gasteiger partial charge is 0.223 e. The number of nitrogens with zero attached hydrogens (tertiary/aromatic N) is 1. The Bertz CT molecular complexity index is 628. The average Bonchev–Trinajstić information content (AvgIpc) is 2.59. The number of ether oxygens (including phenoxy) is 1. The molecular weight excluding hydrogens is 340 g/mol. The Morgan fingerprint density at radius 1 is 1.19 bits per heavy atom. The summed E-state index contributed by atoms with van der Waals surface area (Å²) in [4.78, 5) is 15.2. The van der Waals surface area contributed by atoms with Crippen molar-refractivity contribution in [3.63, 3.8) is 0 Å². The number of morpholine rings is 1. The molecule has 0 radical (unpaired) electrons. The fraction of sp³-hybridized carbons (Fsp3) is 0.682. The molecule has 150 valence electrons. The third-order valence-corrected chi connectivity index (χ3v) is 5.73. The number of piperidine rings is 1. The van der Waals surface area contributed by atoms with E-state index in [0.717, 1.165) is 18.4 Å². The van der Waals surface area contributed by atoms with Gasteiger partial charge in [0, 0.05) is 24.0 Å². The molecule has 2 aliphatic rings. The van der Waals surface area contributed by atoms with Gasteiger partial charge in [-0.25, -0.2) is 0 Å². The second kappa shape index (κ2) is 7.90. The number of hydrogen-bond donors (Lipinski definition) is 2. The van der Waals surface area contributed by atoms with Gasteiger partial charge in [0.2, 0.25) is 5.91 Å². The highest BCUT2D eigenvalue weighted by Gasteiger charge is 2.41. The molecule has 1 amide bonds. The normalized spacial score (nSPS) is 28.1. The summed E-state index contributed by atoms with van der Waals surface area (Å²) >= 11 is 0. The molecule has 0 bridgehead atoms. The molecule has 3 rings (SSSR count). The molecule has 0 spiro atoms. The van der Waals surface area contributed by atoms with Gasteiger partial charge in [0.25, 0.3) is 0 Å². The molecule has 2 fully saturated rings. The summed E-state index contributed by atoms with van der Waals surface area (Å²) in [6, 6.07) is 9.71. The van der Waals surface area contributed by atoms with E-state index in [9.17, 15) is 9.90 Å². The number of nitrogens with one attached hydrogen (secondary N) is 1. The summed E-state index contributed by atoms with van der Waals surface area (Å²) in [5.41, 5.74) is 1.09. The molecule has 2 N–H and O–H groups in total. The summed E-state index contributed by atoms with van der Waals surface area (Å²) in [7, 11) is 0. The summed E-state index contributed by atoms with van der Waals surface area (Å²) in [5, 5.41) is 13.5. The quantitative estimate of drug-likeness (QED) is 0.851. The zero-order valence-corrected chi connectivity index (χ0v) is 17.1. The number of hydrogen-bond acceptors (Lipinski definition) is 4. The third kappa shape index (κ3) is 4.89. The number of carbonyl (C=O) groups excluding carboxylic acids is 1. The molecule has 5 heteroatoms. The number of aliphatic hydroxyl groups excluding tert-OH is 1. The van der Waals surface area contributed by atoms with Gasteiger partial charge in [-0.15, -0.1) is 0 Å². The third-order valence-electron chi connectivity index (χ3n) is 5.73. The molecule has 2 saturated heterocycles. The largest absolute Gasteiger partial charge is 0.394 e. The topological polar surface area (TPSA) is 61.8 Å². The Kier molecular flexibility index (Phi) is 5.94. The van der Waals surface area contributed by atoms with E-state index < -0.39 is 0 Å². The van der Waals surface area contributed by atoms with Gasteiger partial charge in [0.1, 0.15) is 6.10 Å². The van der Waals surface area contributed by atoms with E-state index in [1.807, 2.05) is 35.2 Å². The SMILES string of the molecule is CC1(C)CC(CC(=O)N2CCO[C@H](CO)[C@H]2c2ccccc2)CC(C)(C)N1. The maximum Gasteiger partial charge on any atom is 0.223 e. The predicted octanol–water partition coefficient (Wildman–Crippen LogP) is 2.89. The van der Waals surface area contributed by atoms with Crippen molar-refractivity contribution in [2.24, 2.45) is 5.92 Å². The standard InChI is InChI=1S/C22H34N2O3/c1-21(2)13-16(14-22(3,4)23-21)12-19(26)24-10-11-27-18(15-25)20(24)17-8-6-5-7-9-17/h5-9,16,18,20,23,25H,10-15H2,1-4H3/t18-,20-/m1/s1. The minimum absolute atomic E-state index is 0.0319. The highest BCUT2D eigenvalue weighted by atomic mass is 16.5. The van der Waals surface area contributed by atoms with Gasteiger partial charge in [-0.3, -0.25) is 4.79 Å². The summed E-state index contributed by atoms with van der Waals surface area (Å²) in [6.07, 6.45) is 2.17. The summed E-state index contributed by atoms with van der Waals surface area (Å²) in [6.45, 7) is 9.83. The second-order valence-electron chi connectivity index (χ2n) is 9.41. The van der Waals surface area contributed by atoms with Gasteiger partial charge in [-0.05, 0) is 52.0 Å². The first kappa shape index (κ1) is 20.3. The molecule has 1 aromatic rings. The molecule has 0 aliphatic carbocycles. The molecular formula is C22H34N2O3. The molecule has 1 aromatic carbocycles. The van der Waals surface area contributed by atoms with Crippen LogP contribution in [0.25, 0.3) is 0 Å². The highest BCUT2D eigenvalue weighted by molar-refractivity contribution is 5.77. The van der Waals surface area contributed by atoms with Crippen LogP contribution in [-0.4, -0.2) is 52.9 Å². The first-order valence-corrected chi connectivity index (χ1v) is 10.1. The van der Waals surface area contributed by atoms with Crippen LogP contribution in [-0.2, 0) is 9.53 Å². The fourth-order valence-corrected chi connectivity index (χ4v) is 5.25. The van der Waals surface area contributed by atoms with Gasteiger partial charge in [-0.1, -0.05) is 30.3 Å². The maximum atomic E-state index is 13.3. The summed E-state index contributed by atoms with van der Waals surface area (Å²) < 4.78 is 5.78. The average molecular weight is 375 g/mol. The predicted molar refractivity (Wildman–Crippen MR) is 106 cm³/mol. The highest BCUT2D eigenvalue weighted by Crippen LogP contribution is 2.36. The zero-order chi connectivity index (χ0) is 19.7. The van der Waals surface area contributed by atoms with Crippen molar-refractivity contribution in [1.82, 2.24) is 10.2 Å². The van der Waals surface area contributed by atoms with E-state index in [1.54, 1.807) is 0 Å². The first-order valence-electron chi connectivity index (χ1n) is 10.1. The Hall–Kier alpha value is -1.43. The van der Waals surface area contributed by atoms with Crippen LogP contribution in [0.5, 0.6) is 0 Å². The Balaban J connectivity index is 1.77. The van der Waals surface area contributed by atoms with Crippen molar-refractivity contribution in [2.75, 3.05) is 19.8 Å². The van der Waals surface area contributed by atoms with Gasteiger partial charge in [0.05, 0.1) is 19.3 Å². The minimum Gasteiger partial charge on any atom is -0.394 e.